The molecule has 0 radical (unpaired) electrons. The molecule has 2 atom stereocenters. The van der Waals surface area contributed by atoms with Gasteiger partial charge in [-0.1, -0.05) is 42.5 Å². The van der Waals surface area contributed by atoms with Gasteiger partial charge in [0.15, 0.2) is 0 Å². The smallest absolute Gasteiger partial charge is 0.254 e. The Balaban J connectivity index is 1.80. The Bertz CT molecular complexity index is 702. The van der Waals surface area contributed by atoms with Crippen molar-refractivity contribution in [3.8, 4) is 0 Å². The number of carbonyl (C=O) groups excluding carboxylic acids is 1. The van der Waals surface area contributed by atoms with E-state index in [1.165, 1.54) is 12.1 Å². The number of morpholine rings is 1. The third-order valence-corrected chi connectivity index (χ3v) is 4.53. The normalized spacial score (nSPS) is 17.7. The second-order valence-corrected chi connectivity index (χ2v) is 6.25. The van der Waals surface area contributed by atoms with Gasteiger partial charge in [-0.3, -0.25) is 9.69 Å². The molecule has 0 saturated carbocycles. The Morgan fingerprint density at radius 2 is 1.72 bits per heavy atom. The Morgan fingerprint density at radius 3 is 2.40 bits per heavy atom. The predicted molar refractivity (Wildman–Crippen MR) is 94.9 cm³/mol. The fourth-order valence-electron chi connectivity index (χ4n) is 3.33. The van der Waals surface area contributed by atoms with Gasteiger partial charge < -0.3 is 10.1 Å². The molecule has 1 fully saturated rings. The summed E-state index contributed by atoms with van der Waals surface area (Å²) in [4.78, 5) is 14.8. The van der Waals surface area contributed by atoms with Crippen LogP contribution in [0.5, 0.6) is 0 Å². The molecular formula is C20H23FN2O2. The fourth-order valence-corrected chi connectivity index (χ4v) is 3.33. The van der Waals surface area contributed by atoms with Crippen molar-refractivity contribution in [2.45, 2.75) is 19.0 Å². The van der Waals surface area contributed by atoms with Gasteiger partial charge in [0.25, 0.3) is 5.91 Å². The molecule has 2 aromatic rings. The van der Waals surface area contributed by atoms with E-state index in [-0.39, 0.29) is 23.6 Å². The van der Waals surface area contributed by atoms with Gasteiger partial charge in [-0.25, -0.2) is 4.39 Å². The van der Waals surface area contributed by atoms with Gasteiger partial charge in [0.05, 0.1) is 24.8 Å². The van der Waals surface area contributed by atoms with Crippen molar-refractivity contribution < 1.29 is 13.9 Å². The minimum absolute atomic E-state index is 0.0147. The van der Waals surface area contributed by atoms with Gasteiger partial charge in [0.1, 0.15) is 5.82 Å². The standard InChI is InChI=1S/C20H23FN2O2/c1-15(22-20(24)17-9-5-6-10-18(17)21)19(16-7-3-2-4-8-16)23-11-13-25-14-12-23/h2-10,15,19H,11-14H2,1H3,(H,22,24)/t15-,19+/m1/s1. The average Bonchev–Trinajstić information content (AvgIpc) is 2.64. The van der Waals surface area contributed by atoms with E-state index in [1.807, 2.05) is 25.1 Å². The number of hydrogen-bond acceptors (Lipinski definition) is 3. The number of nitrogens with one attached hydrogen (secondary N) is 1. The molecule has 25 heavy (non-hydrogen) atoms. The fraction of sp³-hybridized carbons (Fsp3) is 0.350. The van der Waals surface area contributed by atoms with E-state index >= 15 is 0 Å². The molecule has 0 aromatic heterocycles. The third kappa shape index (κ3) is 4.24. The van der Waals surface area contributed by atoms with Crippen molar-refractivity contribution in [2.75, 3.05) is 26.3 Å². The SMILES string of the molecule is C[C@@H](NC(=O)c1ccccc1F)[C@@H](c1ccccc1)N1CCOCC1. The molecule has 3 rings (SSSR count). The monoisotopic (exact) mass is 342 g/mol. The molecule has 0 bridgehead atoms. The van der Waals surface area contributed by atoms with Crippen LogP contribution < -0.4 is 5.32 Å². The number of rotatable bonds is 5. The van der Waals surface area contributed by atoms with Crippen molar-refractivity contribution >= 4 is 5.91 Å². The Labute approximate surface area is 147 Å². The lowest BCUT2D eigenvalue weighted by Crippen LogP contribution is -2.48. The number of nitrogens with zero attached hydrogens (tertiary/aromatic N) is 1. The van der Waals surface area contributed by atoms with Crippen LogP contribution in [-0.4, -0.2) is 43.2 Å². The molecule has 2 aromatic carbocycles. The molecule has 0 aliphatic carbocycles. The quantitative estimate of drug-likeness (QED) is 0.908. The highest BCUT2D eigenvalue weighted by Crippen LogP contribution is 2.25. The van der Waals surface area contributed by atoms with Crippen LogP contribution in [0.1, 0.15) is 28.9 Å². The molecule has 4 nitrogen and oxygen atoms in total. The van der Waals surface area contributed by atoms with E-state index in [9.17, 15) is 9.18 Å². The zero-order chi connectivity index (χ0) is 17.6. The molecule has 132 valence electrons. The maximum absolute atomic E-state index is 13.9. The summed E-state index contributed by atoms with van der Waals surface area (Å²) in [5, 5.41) is 2.97. The second-order valence-electron chi connectivity index (χ2n) is 6.25. The number of ether oxygens (including phenoxy) is 1. The predicted octanol–water partition coefficient (Wildman–Crippen LogP) is 3.02. The molecular weight excluding hydrogens is 319 g/mol. The minimum Gasteiger partial charge on any atom is -0.379 e. The van der Waals surface area contributed by atoms with E-state index in [0.717, 1.165) is 18.7 Å². The average molecular weight is 342 g/mol. The zero-order valence-electron chi connectivity index (χ0n) is 14.3. The first-order valence-corrected chi connectivity index (χ1v) is 8.59. The van der Waals surface area contributed by atoms with Crippen molar-refractivity contribution in [3.63, 3.8) is 0 Å². The highest BCUT2D eigenvalue weighted by molar-refractivity contribution is 5.94. The van der Waals surface area contributed by atoms with Crippen LogP contribution in [0.2, 0.25) is 0 Å². The summed E-state index contributed by atoms with van der Waals surface area (Å²) in [5.41, 5.74) is 1.20. The molecule has 0 spiro atoms. The van der Waals surface area contributed by atoms with Gasteiger partial charge >= 0.3 is 0 Å². The summed E-state index contributed by atoms with van der Waals surface area (Å²) in [6, 6.07) is 16.0. The third-order valence-electron chi connectivity index (χ3n) is 4.53. The van der Waals surface area contributed by atoms with Gasteiger partial charge in [-0.05, 0) is 24.6 Å². The molecule has 0 unspecified atom stereocenters. The highest BCUT2D eigenvalue weighted by atomic mass is 19.1. The van der Waals surface area contributed by atoms with Gasteiger partial charge in [-0.2, -0.15) is 0 Å². The molecule has 1 N–H and O–H groups in total. The lowest BCUT2D eigenvalue weighted by atomic mass is 9.97. The van der Waals surface area contributed by atoms with E-state index in [0.29, 0.717) is 13.2 Å². The molecule has 1 aliphatic rings. The van der Waals surface area contributed by atoms with E-state index < -0.39 is 5.82 Å². The zero-order valence-corrected chi connectivity index (χ0v) is 14.3. The maximum Gasteiger partial charge on any atom is 0.254 e. The van der Waals surface area contributed by atoms with E-state index in [4.69, 9.17) is 4.74 Å². The van der Waals surface area contributed by atoms with Crippen LogP contribution in [0.25, 0.3) is 0 Å². The van der Waals surface area contributed by atoms with Crippen LogP contribution in [0.15, 0.2) is 54.6 Å². The first-order chi connectivity index (χ1) is 12.2. The highest BCUT2D eigenvalue weighted by Gasteiger charge is 2.29. The van der Waals surface area contributed by atoms with Crippen LogP contribution in [0, 0.1) is 5.82 Å². The Morgan fingerprint density at radius 1 is 1.08 bits per heavy atom. The topological polar surface area (TPSA) is 41.6 Å². The largest absolute Gasteiger partial charge is 0.379 e. The molecule has 1 amide bonds. The summed E-state index contributed by atoms with van der Waals surface area (Å²) in [6.07, 6.45) is 0. The summed E-state index contributed by atoms with van der Waals surface area (Å²) in [6.45, 7) is 4.93. The lowest BCUT2D eigenvalue weighted by Gasteiger charge is -2.38. The molecule has 1 aliphatic heterocycles. The first kappa shape index (κ1) is 17.6. The van der Waals surface area contributed by atoms with Crippen molar-refractivity contribution in [1.29, 1.82) is 0 Å². The molecule has 5 heteroatoms. The Kier molecular flexibility index (Phi) is 5.79. The van der Waals surface area contributed by atoms with Gasteiger partial charge in [0, 0.05) is 19.1 Å². The van der Waals surface area contributed by atoms with Crippen molar-refractivity contribution in [1.82, 2.24) is 10.2 Å². The van der Waals surface area contributed by atoms with Gasteiger partial charge in [-0.15, -0.1) is 0 Å². The number of benzene rings is 2. The van der Waals surface area contributed by atoms with Crippen LogP contribution in [0.3, 0.4) is 0 Å². The van der Waals surface area contributed by atoms with E-state index in [1.54, 1.807) is 12.1 Å². The summed E-state index contributed by atoms with van der Waals surface area (Å²) < 4.78 is 19.3. The second kappa shape index (κ2) is 8.23. The van der Waals surface area contributed by atoms with Crippen LogP contribution in [0.4, 0.5) is 4.39 Å². The van der Waals surface area contributed by atoms with Crippen molar-refractivity contribution in [2.24, 2.45) is 0 Å². The lowest BCUT2D eigenvalue weighted by molar-refractivity contribution is 0.00887. The molecule has 1 heterocycles. The van der Waals surface area contributed by atoms with E-state index in [2.05, 4.69) is 22.3 Å². The summed E-state index contributed by atoms with van der Waals surface area (Å²) in [5.74, 6) is -0.894. The number of amides is 1. The summed E-state index contributed by atoms with van der Waals surface area (Å²) >= 11 is 0. The Hall–Kier alpha value is -2.24. The van der Waals surface area contributed by atoms with Gasteiger partial charge in [0.2, 0.25) is 0 Å². The van der Waals surface area contributed by atoms with Crippen molar-refractivity contribution in [3.05, 3.63) is 71.5 Å². The maximum atomic E-state index is 13.9. The number of carbonyl (C=O) groups is 1. The van der Waals surface area contributed by atoms with Crippen LogP contribution in [-0.2, 0) is 4.74 Å². The number of hydrogen-bond donors (Lipinski definition) is 1. The molecule has 1 saturated heterocycles. The minimum atomic E-state index is -0.505. The number of halogens is 1. The summed E-state index contributed by atoms with van der Waals surface area (Å²) in [7, 11) is 0. The van der Waals surface area contributed by atoms with Crippen LogP contribution >= 0.6 is 0 Å². The first-order valence-electron chi connectivity index (χ1n) is 8.59.